The third kappa shape index (κ3) is 7.57. The van der Waals surface area contributed by atoms with Crippen molar-refractivity contribution < 1.29 is 27.9 Å². The lowest BCUT2D eigenvalue weighted by atomic mass is 9.89. The Balaban J connectivity index is 0.857. The van der Waals surface area contributed by atoms with Crippen molar-refractivity contribution in [1.82, 2.24) is 25.0 Å². The molecular weight excluding hydrogens is 771 g/mol. The Morgan fingerprint density at radius 2 is 1.70 bits per heavy atom. The van der Waals surface area contributed by atoms with Crippen LogP contribution in [0, 0.1) is 24.5 Å². The lowest BCUT2D eigenvalue weighted by molar-refractivity contribution is -0.134. The Kier molecular flexibility index (Phi) is 10.5. The average Bonchev–Trinajstić information content (AvgIpc) is 3.74. The maximum absolute atomic E-state index is 15.3. The molecule has 2 bridgehead atoms. The number of aromatic nitrogens is 3. The van der Waals surface area contributed by atoms with Crippen LogP contribution in [-0.2, 0) is 16.6 Å². The largest absolute Gasteiger partial charge is 0.477 e. The van der Waals surface area contributed by atoms with Crippen molar-refractivity contribution in [3.8, 4) is 17.1 Å². The molecule has 2 atom stereocenters. The standard InChI is InChI=1S/C44H50F2N10O4/c1-25-6-5-15-60-43-33(21-47-53(43)4)37-17-27(16-26(2)48-37)41(58)51-44-49-36-9-7-29(20-38(36)56(44)22-25)52(3)31-23-55(24-31)28-11-13-54(14-12-28)30-18-34(45)40(35(46)19-30)32-8-10-39(57)50-42(32)59/h7,9,16-21,25,28,31-32H,5-6,8,10-15,22-24H2,1-4H3,(H,49,51,58)(H,50,57,59)/t25-,32-/m1/s1. The van der Waals surface area contributed by atoms with E-state index in [-0.39, 0.29) is 30.2 Å². The summed E-state index contributed by atoms with van der Waals surface area (Å²) in [7, 11) is 3.96. The van der Waals surface area contributed by atoms with E-state index in [1.54, 1.807) is 23.0 Å². The number of fused-ring (bicyclic) bond motifs is 7. The number of nitrogens with one attached hydrogen (secondary N) is 2. The van der Waals surface area contributed by atoms with Crippen LogP contribution >= 0.6 is 0 Å². The number of carbonyl (C=O) groups is 3. The van der Waals surface area contributed by atoms with Crippen molar-refractivity contribution in [2.24, 2.45) is 18.0 Å². The number of rotatable bonds is 5. The van der Waals surface area contributed by atoms with Crippen LogP contribution < -0.4 is 30.1 Å². The molecular formula is C44H50F2N10O4. The van der Waals surface area contributed by atoms with E-state index in [0.717, 1.165) is 61.4 Å². The Morgan fingerprint density at radius 1 is 0.933 bits per heavy atom. The zero-order valence-corrected chi connectivity index (χ0v) is 34.4. The maximum atomic E-state index is 15.3. The highest BCUT2D eigenvalue weighted by molar-refractivity contribution is 6.19. The fraction of sp³-hybridized carbons (Fsp3) is 0.455. The van der Waals surface area contributed by atoms with Gasteiger partial charge in [-0.25, -0.2) is 13.5 Å². The van der Waals surface area contributed by atoms with Crippen molar-refractivity contribution in [2.75, 3.05) is 66.4 Å². The summed E-state index contributed by atoms with van der Waals surface area (Å²) >= 11 is 0. The number of guanidine groups is 1. The summed E-state index contributed by atoms with van der Waals surface area (Å²) < 4.78 is 38.5. The minimum Gasteiger partial charge on any atom is -0.477 e. The van der Waals surface area contributed by atoms with E-state index < -0.39 is 29.4 Å². The lowest BCUT2D eigenvalue weighted by Crippen LogP contribution is -2.63. The molecule has 4 aromatic rings. The van der Waals surface area contributed by atoms with Gasteiger partial charge >= 0.3 is 0 Å². The van der Waals surface area contributed by atoms with Crippen molar-refractivity contribution in [1.29, 1.82) is 0 Å². The number of piperidine rings is 2. The highest BCUT2D eigenvalue weighted by Crippen LogP contribution is 2.39. The van der Waals surface area contributed by atoms with Gasteiger partial charge in [0.25, 0.3) is 5.91 Å². The van der Waals surface area contributed by atoms with Crippen molar-refractivity contribution in [2.45, 2.75) is 70.4 Å². The number of ether oxygens (including phenoxy) is 1. The molecule has 7 heterocycles. The number of aryl methyl sites for hydroxylation is 2. The first kappa shape index (κ1) is 39.6. The van der Waals surface area contributed by atoms with Gasteiger partial charge in [-0.15, -0.1) is 0 Å². The first-order valence-corrected chi connectivity index (χ1v) is 20.9. The molecule has 3 fully saturated rings. The van der Waals surface area contributed by atoms with Crippen molar-refractivity contribution >= 4 is 46.4 Å². The van der Waals surface area contributed by atoms with E-state index >= 15 is 8.78 Å². The Morgan fingerprint density at radius 3 is 2.45 bits per heavy atom. The summed E-state index contributed by atoms with van der Waals surface area (Å²) in [5.41, 5.74) is 5.63. The Labute approximate surface area is 347 Å². The number of aliphatic imine (C=N–C) groups is 1. The minimum absolute atomic E-state index is 0.0561. The number of hydrogen-bond donors (Lipinski definition) is 2. The predicted octanol–water partition coefficient (Wildman–Crippen LogP) is 5.62. The molecule has 9 rings (SSSR count). The van der Waals surface area contributed by atoms with Crippen LogP contribution in [0.1, 0.15) is 73.0 Å². The number of likely N-dealkylation sites (N-methyl/N-ethyl adjacent to an activating group) is 1. The normalized spacial score (nSPS) is 22.6. The number of anilines is 4. The number of likely N-dealkylation sites (tertiary alicyclic amines) is 1. The van der Waals surface area contributed by atoms with E-state index in [1.165, 1.54) is 12.1 Å². The fourth-order valence-corrected chi connectivity index (χ4v) is 9.30. The molecule has 60 heavy (non-hydrogen) atoms. The van der Waals surface area contributed by atoms with Crippen LogP contribution in [0.4, 0.5) is 31.5 Å². The van der Waals surface area contributed by atoms with Crippen molar-refractivity contribution in [3.63, 3.8) is 0 Å². The molecule has 0 saturated carbocycles. The highest BCUT2D eigenvalue weighted by Gasteiger charge is 2.38. The molecule has 5 aliphatic heterocycles. The summed E-state index contributed by atoms with van der Waals surface area (Å²) in [6, 6.07) is 13.2. The van der Waals surface area contributed by atoms with Gasteiger partial charge in [0.1, 0.15) is 11.6 Å². The molecule has 2 aromatic carbocycles. The molecule has 0 spiro atoms. The second kappa shape index (κ2) is 15.9. The third-order valence-corrected chi connectivity index (χ3v) is 12.8. The van der Waals surface area contributed by atoms with E-state index in [2.05, 4.69) is 67.6 Å². The monoisotopic (exact) mass is 820 g/mol. The Hall–Kier alpha value is -5.90. The highest BCUT2D eigenvalue weighted by atomic mass is 19.1. The van der Waals surface area contributed by atoms with Crippen LogP contribution in [0.25, 0.3) is 11.3 Å². The number of imide groups is 1. The molecule has 16 heteroatoms. The number of nitrogens with zero attached hydrogens (tertiary/aromatic N) is 8. The second-order valence-electron chi connectivity index (χ2n) is 16.9. The van der Waals surface area contributed by atoms with E-state index in [0.29, 0.717) is 72.8 Å². The van der Waals surface area contributed by atoms with Gasteiger partial charge in [0.05, 0.1) is 47.4 Å². The smallest absolute Gasteiger partial charge is 0.280 e. The van der Waals surface area contributed by atoms with Crippen molar-refractivity contribution in [3.05, 3.63) is 77.1 Å². The van der Waals surface area contributed by atoms with Gasteiger partial charge in [-0.1, -0.05) is 6.92 Å². The molecule has 314 valence electrons. The van der Waals surface area contributed by atoms with Crippen LogP contribution in [-0.4, -0.2) is 102 Å². The third-order valence-electron chi connectivity index (χ3n) is 12.8. The summed E-state index contributed by atoms with van der Waals surface area (Å²) in [5, 5.41) is 10.0. The molecule has 0 aliphatic carbocycles. The molecule has 5 aliphatic rings. The zero-order chi connectivity index (χ0) is 41.8. The van der Waals surface area contributed by atoms with Gasteiger partial charge in [-0.05, 0) is 87.4 Å². The molecule has 3 amide bonds. The lowest BCUT2D eigenvalue weighted by Gasteiger charge is -2.50. The van der Waals surface area contributed by atoms with Crippen LogP contribution in [0.2, 0.25) is 0 Å². The molecule has 0 unspecified atom stereocenters. The van der Waals surface area contributed by atoms with Crippen LogP contribution in [0.3, 0.4) is 0 Å². The van der Waals surface area contributed by atoms with E-state index in [4.69, 9.17) is 9.72 Å². The summed E-state index contributed by atoms with van der Waals surface area (Å²) in [6.45, 7) is 8.39. The van der Waals surface area contributed by atoms with Crippen LogP contribution in [0.5, 0.6) is 5.88 Å². The number of halogens is 2. The van der Waals surface area contributed by atoms with Gasteiger partial charge in [0.15, 0.2) is 0 Å². The maximum Gasteiger partial charge on any atom is 0.280 e. The summed E-state index contributed by atoms with van der Waals surface area (Å²) in [6.07, 6.45) is 5.35. The Bertz CT molecular complexity index is 2360. The SMILES string of the molecule is Cc1cc2cc(n1)-c1cnn(C)c1OCCC[C@@H](C)CN1/C(=N/C2=O)Nc2ccc(N(C)C3CN(C4CCN(c5cc(F)c([C@H]6CCC(=O)NC6=O)c(F)c5)CC4)C3)cc21. The average molecular weight is 821 g/mol. The molecule has 14 nitrogen and oxygen atoms in total. The first-order chi connectivity index (χ1) is 28.9. The molecule has 0 radical (unpaired) electrons. The van der Waals surface area contributed by atoms with Gasteiger partial charge in [-0.3, -0.25) is 29.6 Å². The van der Waals surface area contributed by atoms with Gasteiger partial charge in [0, 0.05) is 87.5 Å². The summed E-state index contributed by atoms with van der Waals surface area (Å²) in [5.74, 6) is -2.57. The fourth-order valence-electron chi connectivity index (χ4n) is 9.30. The second-order valence-corrected chi connectivity index (χ2v) is 16.9. The quantitative estimate of drug-likeness (QED) is 0.243. The summed E-state index contributed by atoms with van der Waals surface area (Å²) in [4.78, 5) is 56.0. The van der Waals surface area contributed by atoms with Gasteiger partial charge < -0.3 is 24.8 Å². The molecule has 3 saturated heterocycles. The molecule has 2 aromatic heterocycles. The van der Waals surface area contributed by atoms with Gasteiger partial charge in [-0.2, -0.15) is 10.1 Å². The van der Waals surface area contributed by atoms with Crippen LogP contribution in [0.15, 0.2) is 53.7 Å². The van der Waals surface area contributed by atoms with Gasteiger partial charge in [0.2, 0.25) is 23.7 Å². The van der Waals surface area contributed by atoms with E-state index in [9.17, 15) is 14.4 Å². The van der Waals surface area contributed by atoms with E-state index in [1.807, 2.05) is 18.9 Å². The first-order valence-electron chi connectivity index (χ1n) is 20.9. The topological polar surface area (TPSA) is 141 Å². The zero-order valence-electron chi connectivity index (χ0n) is 34.4. The number of amides is 3. The number of carbonyl (C=O) groups excluding carboxylic acids is 3. The number of benzene rings is 2. The number of hydrogen-bond acceptors (Lipinski definition) is 11. The molecule has 2 N–H and O–H groups in total. The predicted molar refractivity (Wildman–Crippen MR) is 225 cm³/mol. The minimum atomic E-state index is -1.01. The number of pyridine rings is 1.